The van der Waals surface area contributed by atoms with E-state index < -0.39 is 0 Å². The van der Waals surface area contributed by atoms with Gasteiger partial charge in [-0.25, -0.2) is 0 Å². The van der Waals surface area contributed by atoms with Gasteiger partial charge in [0.2, 0.25) is 0 Å². The summed E-state index contributed by atoms with van der Waals surface area (Å²) in [6, 6.07) is 10.5. The fourth-order valence-electron chi connectivity index (χ4n) is 2.23. The number of carbonyl (C=O) groups is 1. The third-order valence-corrected chi connectivity index (χ3v) is 4.38. The Bertz CT molecular complexity index is 700. The summed E-state index contributed by atoms with van der Waals surface area (Å²) in [6.45, 7) is 0. The lowest BCUT2D eigenvalue weighted by atomic mass is 9.96. The van der Waals surface area contributed by atoms with Gasteiger partial charge >= 0.3 is 0 Å². The minimum Gasteiger partial charge on any atom is -0.484 e. The van der Waals surface area contributed by atoms with E-state index in [-0.39, 0.29) is 18.3 Å². The first-order valence-corrected chi connectivity index (χ1v) is 7.54. The van der Waals surface area contributed by atoms with Gasteiger partial charge in [0, 0.05) is 20.1 Å². The molecule has 2 aromatic carbocycles. The molecular weight excluding hydrogens is 363 g/mol. The van der Waals surface area contributed by atoms with E-state index in [1.165, 1.54) is 0 Å². The topological polar surface area (TPSA) is 26.3 Å². The van der Waals surface area contributed by atoms with Crippen LogP contribution in [0.3, 0.4) is 0 Å². The van der Waals surface area contributed by atoms with E-state index in [1.54, 1.807) is 24.3 Å². The molecule has 0 bridgehead atoms. The van der Waals surface area contributed by atoms with Crippen molar-refractivity contribution in [2.75, 3.05) is 0 Å². The predicted octanol–water partition coefficient (Wildman–Crippen LogP) is 5.46. The monoisotopic (exact) mass is 370 g/mol. The summed E-state index contributed by atoms with van der Waals surface area (Å²) in [5.74, 6) is 0.577. The minimum atomic E-state index is -0.343. The van der Waals surface area contributed by atoms with Crippen LogP contribution < -0.4 is 4.74 Å². The Morgan fingerprint density at radius 3 is 2.60 bits per heavy atom. The van der Waals surface area contributed by atoms with Gasteiger partial charge in [-0.1, -0.05) is 39.1 Å². The van der Waals surface area contributed by atoms with Gasteiger partial charge < -0.3 is 4.74 Å². The number of rotatable bonds is 1. The molecule has 20 heavy (non-hydrogen) atoms. The fourth-order valence-corrected chi connectivity index (χ4v) is 3.09. The second kappa shape index (κ2) is 5.40. The lowest BCUT2D eigenvalue weighted by Crippen LogP contribution is -2.20. The number of halogens is 3. The Balaban J connectivity index is 2.01. The maximum atomic E-state index is 12.2. The summed E-state index contributed by atoms with van der Waals surface area (Å²) in [6.07, 6.45) is -0.0732. The molecule has 0 fully saturated rings. The van der Waals surface area contributed by atoms with E-state index in [0.29, 0.717) is 21.4 Å². The summed E-state index contributed by atoms with van der Waals surface area (Å²) in [4.78, 5) is 12.2. The third kappa shape index (κ3) is 2.58. The standard InChI is InChI=1S/C15H9BrCl2O2/c16-12-3-1-8(17)5-10(12)15-7-13(19)11-6-9(18)2-4-14(11)20-15/h1-6,15H,7H2. The number of Topliss-reactive ketones (excluding diaryl/α,β-unsaturated/α-hetero) is 1. The first kappa shape index (κ1) is 13.9. The normalized spacial score (nSPS) is 17.6. The molecule has 0 radical (unpaired) electrons. The van der Waals surface area contributed by atoms with Gasteiger partial charge in [0.25, 0.3) is 0 Å². The van der Waals surface area contributed by atoms with E-state index in [9.17, 15) is 4.79 Å². The lowest BCUT2D eigenvalue weighted by Gasteiger charge is -2.26. The van der Waals surface area contributed by atoms with Crippen molar-refractivity contribution in [2.45, 2.75) is 12.5 Å². The second-order valence-corrected chi connectivity index (χ2v) is 6.27. The highest BCUT2D eigenvalue weighted by atomic mass is 79.9. The van der Waals surface area contributed by atoms with Crippen LogP contribution in [-0.2, 0) is 0 Å². The molecule has 0 aliphatic carbocycles. The summed E-state index contributed by atoms with van der Waals surface area (Å²) in [7, 11) is 0. The highest BCUT2D eigenvalue weighted by molar-refractivity contribution is 9.10. The first-order valence-electron chi connectivity index (χ1n) is 5.99. The zero-order valence-corrected chi connectivity index (χ0v) is 13.3. The van der Waals surface area contributed by atoms with Crippen molar-refractivity contribution in [3.05, 3.63) is 62.0 Å². The van der Waals surface area contributed by atoms with Gasteiger partial charge in [0.15, 0.2) is 5.78 Å². The molecule has 0 amide bonds. The SMILES string of the molecule is O=C1CC(c2cc(Cl)ccc2Br)Oc2ccc(Cl)cc21. The largest absolute Gasteiger partial charge is 0.484 e. The Morgan fingerprint density at radius 2 is 1.80 bits per heavy atom. The lowest BCUT2D eigenvalue weighted by molar-refractivity contribution is 0.0849. The number of hydrogen-bond donors (Lipinski definition) is 0. The molecule has 1 atom stereocenters. The molecular formula is C15H9BrCl2O2. The minimum absolute atomic E-state index is 0.0191. The Labute approximate surface area is 134 Å². The van der Waals surface area contributed by atoms with Crippen LogP contribution in [0.25, 0.3) is 0 Å². The van der Waals surface area contributed by atoms with Crippen molar-refractivity contribution in [3.8, 4) is 5.75 Å². The number of ether oxygens (including phenoxy) is 1. The van der Waals surface area contributed by atoms with E-state index in [2.05, 4.69) is 15.9 Å². The van der Waals surface area contributed by atoms with E-state index >= 15 is 0 Å². The number of fused-ring (bicyclic) bond motifs is 1. The Morgan fingerprint density at radius 1 is 1.10 bits per heavy atom. The quantitative estimate of drug-likeness (QED) is 0.665. The van der Waals surface area contributed by atoms with Crippen LogP contribution in [0.2, 0.25) is 10.0 Å². The summed E-state index contributed by atoms with van der Waals surface area (Å²) < 4.78 is 6.78. The Kier molecular flexibility index (Phi) is 3.76. The number of carbonyl (C=O) groups excluding carboxylic acids is 1. The third-order valence-electron chi connectivity index (χ3n) is 3.19. The second-order valence-electron chi connectivity index (χ2n) is 4.54. The highest BCUT2D eigenvalue weighted by Gasteiger charge is 2.29. The zero-order chi connectivity index (χ0) is 14.3. The molecule has 1 heterocycles. The molecule has 0 aromatic heterocycles. The molecule has 3 rings (SSSR count). The van der Waals surface area contributed by atoms with Crippen molar-refractivity contribution < 1.29 is 9.53 Å². The summed E-state index contributed by atoms with van der Waals surface area (Å²) in [5.41, 5.74) is 1.40. The molecule has 0 spiro atoms. The van der Waals surface area contributed by atoms with Crippen LogP contribution in [0.1, 0.15) is 28.4 Å². The maximum Gasteiger partial charge on any atom is 0.170 e. The molecule has 0 N–H and O–H groups in total. The molecule has 1 unspecified atom stereocenters. The molecule has 0 saturated carbocycles. The van der Waals surface area contributed by atoms with Gasteiger partial charge in [0.1, 0.15) is 11.9 Å². The Hall–Kier alpha value is -1.03. The summed E-state index contributed by atoms with van der Waals surface area (Å²) in [5, 5.41) is 1.14. The van der Waals surface area contributed by atoms with Crippen LogP contribution in [0.15, 0.2) is 40.9 Å². The fraction of sp³-hybridized carbons (Fsp3) is 0.133. The van der Waals surface area contributed by atoms with Gasteiger partial charge in [-0.2, -0.15) is 0 Å². The van der Waals surface area contributed by atoms with Crippen molar-refractivity contribution in [1.82, 2.24) is 0 Å². The van der Waals surface area contributed by atoms with Crippen LogP contribution in [-0.4, -0.2) is 5.78 Å². The van der Waals surface area contributed by atoms with Crippen LogP contribution in [0.5, 0.6) is 5.75 Å². The molecule has 1 aliphatic heterocycles. The highest BCUT2D eigenvalue weighted by Crippen LogP contribution is 2.39. The molecule has 1 aliphatic rings. The van der Waals surface area contributed by atoms with Gasteiger partial charge in [-0.3, -0.25) is 4.79 Å². The number of benzene rings is 2. The number of hydrogen-bond acceptors (Lipinski definition) is 2. The van der Waals surface area contributed by atoms with Gasteiger partial charge in [0.05, 0.1) is 12.0 Å². The van der Waals surface area contributed by atoms with Crippen molar-refractivity contribution >= 4 is 44.9 Å². The average molecular weight is 372 g/mol. The molecule has 0 saturated heterocycles. The van der Waals surface area contributed by atoms with Crippen LogP contribution in [0.4, 0.5) is 0 Å². The van der Waals surface area contributed by atoms with Gasteiger partial charge in [-0.05, 0) is 36.4 Å². The molecule has 5 heteroatoms. The summed E-state index contributed by atoms with van der Waals surface area (Å²) >= 11 is 15.4. The van der Waals surface area contributed by atoms with E-state index in [1.807, 2.05) is 12.1 Å². The maximum absolute atomic E-state index is 12.2. The number of ketones is 1. The van der Waals surface area contributed by atoms with E-state index in [0.717, 1.165) is 10.0 Å². The van der Waals surface area contributed by atoms with Crippen LogP contribution in [0, 0.1) is 0 Å². The van der Waals surface area contributed by atoms with Crippen molar-refractivity contribution in [2.24, 2.45) is 0 Å². The van der Waals surface area contributed by atoms with Crippen molar-refractivity contribution in [3.63, 3.8) is 0 Å². The first-order chi connectivity index (χ1) is 9.54. The zero-order valence-electron chi connectivity index (χ0n) is 10.2. The molecule has 102 valence electrons. The van der Waals surface area contributed by atoms with E-state index in [4.69, 9.17) is 27.9 Å². The van der Waals surface area contributed by atoms with Gasteiger partial charge in [-0.15, -0.1) is 0 Å². The smallest absolute Gasteiger partial charge is 0.170 e. The molecule has 2 nitrogen and oxygen atoms in total. The molecule has 2 aromatic rings. The van der Waals surface area contributed by atoms with Crippen LogP contribution >= 0.6 is 39.1 Å². The average Bonchev–Trinajstić information content (AvgIpc) is 2.42. The predicted molar refractivity (Wildman–Crippen MR) is 82.9 cm³/mol. The van der Waals surface area contributed by atoms with Crippen molar-refractivity contribution in [1.29, 1.82) is 0 Å².